The summed E-state index contributed by atoms with van der Waals surface area (Å²) in [7, 11) is 1.66. The Kier molecular flexibility index (Phi) is 6.04. The second-order valence-electron chi connectivity index (χ2n) is 6.03. The Morgan fingerprint density at radius 3 is 2.46 bits per heavy atom. The SMILES string of the molecule is COc1ccccc1Nc1cc(NCCCc2ccccc2)nc(C)n1. The van der Waals surface area contributed by atoms with Crippen molar-refractivity contribution in [2.24, 2.45) is 0 Å². The Morgan fingerprint density at radius 1 is 0.923 bits per heavy atom. The van der Waals surface area contributed by atoms with Crippen molar-refractivity contribution < 1.29 is 4.74 Å². The fourth-order valence-corrected chi connectivity index (χ4v) is 2.76. The molecule has 2 aromatic carbocycles. The van der Waals surface area contributed by atoms with E-state index in [0.29, 0.717) is 0 Å². The number of ether oxygens (including phenoxy) is 1. The summed E-state index contributed by atoms with van der Waals surface area (Å²) >= 11 is 0. The minimum Gasteiger partial charge on any atom is -0.495 e. The number of para-hydroxylation sites is 2. The molecule has 0 radical (unpaired) electrons. The first-order valence-electron chi connectivity index (χ1n) is 8.78. The molecule has 1 heterocycles. The third-order valence-corrected chi connectivity index (χ3v) is 4.00. The summed E-state index contributed by atoms with van der Waals surface area (Å²) in [4.78, 5) is 8.93. The fourth-order valence-electron chi connectivity index (χ4n) is 2.76. The average Bonchev–Trinajstić information content (AvgIpc) is 2.66. The van der Waals surface area contributed by atoms with Crippen LogP contribution < -0.4 is 15.4 Å². The van der Waals surface area contributed by atoms with Crippen LogP contribution in [0.3, 0.4) is 0 Å². The van der Waals surface area contributed by atoms with E-state index in [4.69, 9.17) is 4.74 Å². The van der Waals surface area contributed by atoms with Crippen LogP contribution in [0.25, 0.3) is 0 Å². The number of aromatic nitrogens is 2. The van der Waals surface area contributed by atoms with E-state index >= 15 is 0 Å². The van der Waals surface area contributed by atoms with Crippen molar-refractivity contribution in [3.63, 3.8) is 0 Å². The summed E-state index contributed by atoms with van der Waals surface area (Å²) in [5, 5.41) is 6.69. The molecular weight excluding hydrogens is 324 g/mol. The molecule has 3 rings (SSSR count). The van der Waals surface area contributed by atoms with Gasteiger partial charge in [-0.15, -0.1) is 0 Å². The van der Waals surface area contributed by atoms with Crippen molar-refractivity contribution in [3.05, 3.63) is 72.1 Å². The maximum Gasteiger partial charge on any atom is 0.142 e. The van der Waals surface area contributed by atoms with Crippen molar-refractivity contribution in [1.82, 2.24) is 9.97 Å². The van der Waals surface area contributed by atoms with E-state index in [1.54, 1.807) is 7.11 Å². The van der Waals surface area contributed by atoms with Crippen LogP contribution in [0.2, 0.25) is 0 Å². The van der Waals surface area contributed by atoms with Crippen molar-refractivity contribution in [1.29, 1.82) is 0 Å². The number of hydrogen-bond acceptors (Lipinski definition) is 5. The quantitative estimate of drug-likeness (QED) is 0.584. The Hall–Kier alpha value is -3.08. The van der Waals surface area contributed by atoms with Crippen LogP contribution in [0.1, 0.15) is 17.8 Å². The molecule has 134 valence electrons. The number of anilines is 3. The highest BCUT2D eigenvalue weighted by molar-refractivity contribution is 5.65. The largest absolute Gasteiger partial charge is 0.495 e. The minimum atomic E-state index is 0.718. The van der Waals surface area contributed by atoms with Gasteiger partial charge in [0.1, 0.15) is 23.2 Å². The van der Waals surface area contributed by atoms with Crippen LogP contribution in [0.5, 0.6) is 5.75 Å². The Labute approximate surface area is 154 Å². The van der Waals surface area contributed by atoms with Gasteiger partial charge in [0.05, 0.1) is 12.8 Å². The Bertz CT molecular complexity index is 836. The molecule has 5 heteroatoms. The molecule has 0 amide bonds. The fraction of sp³-hybridized carbons (Fsp3) is 0.238. The van der Waals surface area contributed by atoms with Crippen LogP contribution in [0, 0.1) is 6.92 Å². The smallest absolute Gasteiger partial charge is 0.142 e. The summed E-state index contributed by atoms with van der Waals surface area (Å²) in [6, 6.07) is 20.2. The normalized spacial score (nSPS) is 10.4. The van der Waals surface area contributed by atoms with Crippen molar-refractivity contribution in [3.8, 4) is 5.75 Å². The molecule has 0 aliphatic rings. The summed E-state index contributed by atoms with van der Waals surface area (Å²) in [5.41, 5.74) is 2.23. The van der Waals surface area contributed by atoms with Gasteiger partial charge in [0.2, 0.25) is 0 Å². The van der Waals surface area contributed by atoms with Crippen LogP contribution in [-0.2, 0) is 6.42 Å². The standard InChI is InChI=1S/C21H24N4O/c1-16-23-20(22-14-8-11-17-9-4-3-5-10-17)15-21(24-16)25-18-12-6-7-13-19(18)26-2/h3-7,9-10,12-13,15H,8,11,14H2,1-2H3,(H2,22,23,24,25). The van der Waals surface area contributed by atoms with E-state index < -0.39 is 0 Å². The lowest BCUT2D eigenvalue weighted by molar-refractivity contribution is 0.417. The second-order valence-corrected chi connectivity index (χ2v) is 6.03. The van der Waals surface area contributed by atoms with Gasteiger partial charge in [-0.3, -0.25) is 0 Å². The molecule has 0 fully saturated rings. The molecule has 0 unspecified atom stereocenters. The zero-order chi connectivity index (χ0) is 18.2. The van der Waals surface area contributed by atoms with Crippen LogP contribution >= 0.6 is 0 Å². The number of nitrogens with zero attached hydrogens (tertiary/aromatic N) is 2. The maximum atomic E-state index is 5.38. The molecule has 5 nitrogen and oxygen atoms in total. The molecule has 1 aromatic heterocycles. The summed E-state index contributed by atoms with van der Waals surface area (Å²) in [6.07, 6.45) is 2.09. The Balaban J connectivity index is 1.60. The first-order valence-corrected chi connectivity index (χ1v) is 8.78. The molecule has 2 N–H and O–H groups in total. The molecule has 0 saturated carbocycles. The second kappa shape index (κ2) is 8.85. The average molecular weight is 348 g/mol. The van der Waals surface area contributed by atoms with Gasteiger partial charge in [0.25, 0.3) is 0 Å². The molecule has 0 aliphatic heterocycles. The first-order chi connectivity index (χ1) is 12.7. The van der Waals surface area contributed by atoms with Gasteiger partial charge >= 0.3 is 0 Å². The van der Waals surface area contributed by atoms with Crippen LogP contribution in [-0.4, -0.2) is 23.6 Å². The number of rotatable bonds is 8. The van der Waals surface area contributed by atoms with E-state index in [9.17, 15) is 0 Å². The summed E-state index contributed by atoms with van der Waals surface area (Å²) in [6.45, 7) is 2.75. The summed E-state index contributed by atoms with van der Waals surface area (Å²) < 4.78 is 5.38. The van der Waals surface area contributed by atoms with Crippen molar-refractivity contribution >= 4 is 17.3 Å². The summed E-state index contributed by atoms with van der Waals surface area (Å²) in [5.74, 6) is 3.06. The number of hydrogen-bond donors (Lipinski definition) is 2. The zero-order valence-corrected chi connectivity index (χ0v) is 15.2. The van der Waals surface area contributed by atoms with Gasteiger partial charge in [-0.2, -0.15) is 0 Å². The highest BCUT2D eigenvalue weighted by atomic mass is 16.5. The van der Waals surface area contributed by atoms with E-state index in [-0.39, 0.29) is 0 Å². The van der Waals surface area contributed by atoms with E-state index in [1.165, 1.54) is 5.56 Å². The number of aryl methyl sites for hydroxylation is 2. The number of benzene rings is 2. The lowest BCUT2D eigenvalue weighted by Gasteiger charge is -2.12. The molecule has 26 heavy (non-hydrogen) atoms. The molecular formula is C21H24N4O. The minimum absolute atomic E-state index is 0.718. The third kappa shape index (κ3) is 4.96. The van der Waals surface area contributed by atoms with Gasteiger partial charge in [-0.25, -0.2) is 9.97 Å². The molecule has 3 aromatic rings. The molecule has 0 aliphatic carbocycles. The van der Waals surface area contributed by atoms with E-state index in [2.05, 4.69) is 44.9 Å². The highest BCUT2D eigenvalue weighted by Crippen LogP contribution is 2.26. The van der Waals surface area contributed by atoms with E-state index in [0.717, 1.165) is 48.3 Å². The van der Waals surface area contributed by atoms with Crippen LogP contribution in [0.4, 0.5) is 17.3 Å². The van der Waals surface area contributed by atoms with Crippen molar-refractivity contribution in [2.75, 3.05) is 24.3 Å². The van der Waals surface area contributed by atoms with E-state index in [1.807, 2.05) is 43.3 Å². The molecule has 0 saturated heterocycles. The lowest BCUT2D eigenvalue weighted by Crippen LogP contribution is -2.07. The number of methoxy groups -OCH3 is 1. The zero-order valence-electron chi connectivity index (χ0n) is 15.2. The first kappa shape index (κ1) is 17.7. The predicted molar refractivity (Wildman–Crippen MR) is 106 cm³/mol. The van der Waals surface area contributed by atoms with Gasteiger partial charge in [-0.05, 0) is 37.5 Å². The van der Waals surface area contributed by atoms with Gasteiger partial charge in [0, 0.05) is 12.6 Å². The highest BCUT2D eigenvalue weighted by Gasteiger charge is 2.06. The molecule has 0 atom stereocenters. The number of nitrogens with one attached hydrogen (secondary N) is 2. The van der Waals surface area contributed by atoms with Gasteiger partial charge in [0.15, 0.2) is 0 Å². The molecule has 0 bridgehead atoms. The van der Waals surface area contributed by atoms with Crippen LogP contribution in [0.15, 0.2) is 60.7 Å². The Morgan fingerprint density at radius 2 is 1.65 bits per heavy atom. The van der Waals surface area contributed by atoms with Crippen molar-refractivity contribution in [2.45, 2.75) is 19.8 Å². The topological polar surface area (TPSA) is 59.1 Å². The third-order valence-electron chi connectivity index (χ3n) is 4.00. The lowest BCUT2D eigenvalue weighted by atomic mass is 10.1. The predicted octanol–water partition coefficient (Wildman–Crippen LogP) is 4.58. The van der Waals surface area contributed by atoms with Gasteiger partial charge < -0.3 is 15.4 Å². The molecule has 0 spiro atoms. The monoisotopic (exact) mass is 348 g/mol. The maximum absolute atomic E-state index is 5.38. The van der Waals surface area contributed by atoms with Gasteiger partial charge in [-0.1, -0.05) is 42.5 Å².